The number of benzene rings is 1. The summed E-state index contributed by atoms with van der Waals surface area (Å²) in [6, 6.07) is 6.40. The first-order chi connectivity index (χ1) is 7.16. The number of aliphatic carboxylic acids is 1. The third kappa shape index (κ3) is 2.55. The summed E-state index contributed by atoms with van der Waals surface area (Å²) in [6.07, 6.45) is 2.54. The molecule has 2 unspecified atom stereocenters. The molecule has 2 atom stereocenters. The molecule has 0 aliphatic heterocycles. The molecule has 0 spiro atoms. The van der Waals surface area contributed by atoms with Gasteiger partial charge in [0.15, 0.2) is 0 Å². The van der Waals surface area contributed by atoms with E-state index in [9.17, 15) is 9.18 Å². The molecule has 1 aliphatic carbocycles. The molecule has 80 valence electrons. The van der Waals surface area contributed by atoms with Crippen molar-refractivity contribution in [3.63, 3.8) is 0 Å². The Kier molecular flexibility index (Phi) is 2.71. The molecule has 3 heteroatoms. The normalized spacial score (nSPS) is 23.8. The highest BCUT2D eigenvalue weighted by Gasteiger charge is 2.42. The molecule has 1 aliphatic rings. The second-order valence-electron chi connectivity index (χ2n) is 4.11. The number of hydrogen-bond acceptors (Lipinski definition) is 1. The Morgan fingerprint density at radius 2 is 2.07 bits per heavy atom. The van der Waals surface area contributed by atoms with E-state index < -0.39 is 5.97 Å². The number of halogens is 1. The highest BCUT2D eigenvalue weighted by Crippen LogP contribution is 2.41. The van der Waals surface area contributed by atoms with Crippen molar-refractivity contribution in [2.45, 2.75) is 19.3 Å². The molecule has 2 nitrogen and oxygen atoms in total. The minimum absolute atomic E-state index is 0.134. The van der Waals surface area contributed by atoms with Crippen LogP contribution in [0, 0.1) is 17.7 Å². The second kappa shape index (κ2) is 4.01. The van der Waals surface area contributed by atoms with Crippen LogP contribution in [0.4, 0.5) is 4.39 Å². The average Bonchev–Trinajstić information content (AvgIpc) is 2.96. The van der Waals surface area contributed by atoms with E-state index in [1.54, 1.807) is 12.1 Å². The lowest BCUT2D eigenvalue weighted by atomic mass is 10.1. The maximum atomic E-state index is 12.6. The van der Waals surface area contributed by atoms with Crippen molar-refractivity contribution in [3.8, 4) is 0 Å². The molecule has 0 bridgehead atoms. The van der Waals surface area contributed by atoms with Crippen LogP contribution < -0.4 is 0 Å². The lowest BCUT2D eigenvalue weighted by molar-refractivity contribution is -0.138. The van der Waals surface area contributed by atoms with Crippen LogP contribution in [0.5, 0.6) is 0 Å². The monoisotopic (exact) mass is 208 g/mol. The molecule has 1 fully saturated rings. The van der Waals surface area contributed by atoms with Crippen LogP contribution in [-0.2, 0) is 11.2 Å². The fourth-order valence-electron chi connectivity index (χ4n) is 1.87. The van der Waals surface area contributed by atoms with E-state index in [-0.39, 0.29) is 11.7 Å². The third-order valence-corrected chi connectivity index (χ3v) is 2.96. The molecular weight excluding hydrogens is 195 g/mol. The number of carboxylic acid groups (broad SMARTS) is 1. The van der Waals surface area contributed by atoms with Crippen LogP contribution in [0.25, 0.3) is 0 Å². The molecule has 2 rings (SSSR count). The van der Waals surface area contributed by atoms with Crippen LogP contribution in [0.2, 0.25) is 0 Å². The van der Waals surface area contributed by atoms with Crippen LogP contribution in [0.3, 0.4) is 0 Å². The van der Waals surface area contributed by atoms with Crippen molar-refractivity contribution >= 4 is 5.97 Å². The topological polar surface area (TPSA) is 37.3 Å². The van der Waals surface area contributed by atoms with Crippen molar-refractivity contribution in [1.82, 2.24) is 0 Å². The van der Waals surface area contributed by atoms with Gasteiger partial charge in [-0.1, -0.05) is 12.1 Å². The highest BCUT2D eigenvalue weighted by molar-refractivity contribution is 5.73. The fourth-order valence-corrected chi connectivity index (χ4v) is 1.87. The van der Waals surface area contributed by atoms with Crippen molar-refractivity contribution in [3.05, 3.63) is 35.6 Å². The van der Waals surface area contributed by atoms with Crippen LogP contribution in [-0.4, -0.2) is 11.1 Å². The Labute approximate surface area is 87.7 Å². The Bertz CT molecular complexity index is 358. The summed E-state index contributed by atoms with van der Waals surface area (Å²) in [5.74, 6) is -0.717. The zero-order chi connectivity index (χ0) is 10.8. The second-order valence-corrected chi connectivity index (χ2v) is 4.11. The van der Waals surface area contributed by atoms with Crippen molar-refractivity contribution in [2.75, 3.05) is 0 Å². The lowest BCUT2D eigenvalue weighted by Gasteiger charge is -1.99. The summed E-state index contributed by atoms with van der Waals surface area (Å²) in [4.78, 5) is 10.6. The highest BCUT2D eigenvalue weighted by atomic mass is 19.1. The van der Waals surface area contributed by atoms with E-state index in [1.165, 1.54) is 12.1 Å². The van der Waals surface area contributed by atoms with Crippen LogP contribution in [0.1, 0.15) is 18.4 Å². The Morgan fingerprint density at radius 1 is 1.40 bits per heavy atom. The Morgan fingerprint density at radius 3 is 2.60 bits per heavy atom. The first-order valence-electron chi connectivity index (χ1n) is 5.14. The molecular formula is C12H13FO2. The van der Waals surface area contributed by atoms with Gasteiger partial charge in [-0.15, -0.1) is 0 Å². The van der Waals surface area contributed by atoms with Gasteiger partial charge in [-0.3, -0.25) is 4.79 Å². The summed E-state index contributed by atoms with van der Waals surface area (Å²) >= 11 is 0. The number of aryl methyl sites for hydroxylation is 1. The predicted molar refractivity (Wildman–Crippen MR) is 54.0 cm³/mol. The van der Waals surface area contributed by atoms with E-state index in [0.29, 0.717) is 5.92 Å². The van der Waals surface area contributed by atoms with Gasteiger partial charge in [0, 0.05) is 0 Å². The number of hydrogen-bond donors (Lipinski definition) is 1. The van der Waals surface area contributed by atoms with E-state index in [0.717, 1.165) is 24.8 Å². The van der Waals surface area contributed by atoms with Crippen molar-refractivity contribution in [1.29, 1.82) is 0 Å². The van der Waals surface area contributed by atoms with Gasteiger partial charge in [0.25, 0.3) is 0 Å². The third-order valence-electron chi connectivity index (χ3n) is 2.96. The van der Waals surface area contributed by atoms with Crippen molar-refractivity contribution in [2.24, 2.45) is 11.8 Å². The van der Waals surface area contributed by atoms with Gasteiger partial charge in [-0.2, -0.15) is 0 Å². The maximum absolute atomic E-state index is 12.6. The molecule has 0 aromatic heterocycles. The van der Waals surface area contributed by atoms with Gasteiger partial charge < -0.3 is 5.11 Å². The Hall–Kier alpha value is -1.38. The summed E-state index contributed by atoms with van der Waals surface area (Å²) in [5.41, 5.74) is 1.08. The molecule has 1 N–H and O–H groups in total. The number of rotatable bonds is 4. The standard InChI is InChI=1S/C12H13FO2/c13-10-5-2-8(3-6-10)1-4-9-7-11(9)12(14)15/h2-3,5-6,9,11H,1,4,7H2,(H,14,15). The van der Waals surface area contributed by atoms with Gasteiger partial charge in [0.05, 0.1) is 5.92 Å². The molecule has 1 aromatic rings. The minimum Gasteiger partial charge on any atom is -0.481 e. The zero-order valence-corrected chi connectivity index (χ0v) is 8.32. The van der Waals surface area contributed by atoms with E-state index in [2.05, 4.69) is 0 Å². The van der Waals surface area contributed by atoms with E-state index in [1.807, 2.05) is 0 Å². The van der Waals surface area contributed by atoms with Gasteiger partial charge >= 0.3 is 5.97 Å². The molecule has 15 heavy (non-hydrogen) atoms. The quantitative estimate of drug-likeness (QED) is 0.825. The average molecular weight is 208 g/mol. The van der Waals surface area contributed by atoms with Gasteiger partial charge in [-0.25, -0.2) is 4.39 Å². The minimum atomic E-state index is -0.681. The summed E-state index contributed by atoms with van der Waals surface area (Å²) < 4.78 is 12.6. The molecule has 1 aromatic carbocycles. The molecule has 0 heterocycles. The van der Waals surface area contributed by atoms with E-state index in [4.69, 9.17) is 5.11 Å². The Balaban J connectivity index is 1.80. The first kappa shape index (κ1) is 10.1. The van der Waals surface area contributed by atoms with Gasteiger partial charge in [-0.05, 0) is 42.9 Å². The van der Waals surface area contributed by atoms with Crippen molar-refractivity contribution < 1.29 is 14.3 Å². The molecule has 1 saturated carbocycles. The van der Waals surface area contributed by atoms with E-state index >= 15 is 0 Å². The fraction of sp³-hybridized carbons (Fsp3) is 0.417. The van der Waals surface area contributed by atoms with Gasteiger partial charge in [0.2, 0.25) is 0 Å². The van der Waals surface area contributed by atoms with Crippen LogP contribution in [0.15, 0.2) is 24.3 Å². The largest absolute Gasteiger partial charge is 0.481 e. The summed E-state index contributed by atoms with van der Waals surface area (Å²) in [7, 11) is 0. The molecule has 0 amide bonds. The smallest absolute Gasteiger partial charge is 0.306 e. The SMILES string of the molecule is O=C(O)C1CC1CCc1ccc(F)cc1. The maximum Gasteiger partial charge on any atom is 0.306 e. The first-order valence-corrected chi connectivity index (χ1v) is 5.14. The summed E-state index contributed by atoms with van der Waals surface area (Å²) in [5, 5.41) is 8.71. The predicted octanol–water partition coefficient (Wildman–Crippen LogP) is 2.48. The molecule has 0 saturated heterocycles. The lowest BCUT2D eigenvalue weighted by Crippen LogP contribution is -2.00. The number of carbonyl (C=O) groups is 1. The zero-order valence-electron chi connectivity index (χ0n) is 8.32. The number of carboxylic acids is 1. The molecule has 0 radical (unpaired) electrons. The van der Waals surface area contributed by atoms with Crippen LogP contribution >= 0.6 is 0 Å². The van der Waals surface area contributed by atoms with Gasteiger partial charge in [0.1, 0.15) is 5.82 Å². The summed E-state index contributed by atoms with van der Waals surface area (Å²) in [6.45, 7) is 0.